The maximum Gasteiger partial charge on any atom is 1.00 e. The number of aliphatic hydroxyl groups excluding tert-OH is 2. The summed E-state index contributed by atoms with van der Waals surface area (Å²) in [6, 6.07) is 0. The zero-order valence-corrected chi connectivity index (χ0v) is 37.3. The molecule has 0 heterocycles. The van der Waals surface area contributed by atoms with E-state index < -0.39 is 5.97 Å². The Bertz CT molecular complexity index is 722. The summed E-state index contributed by atoms with van der Waals surface area (Å²) in [6.45, 7) is 14.2. The second-order valence-corrected chi connectivity index (χ2v) is 6.68. The summed E-state index contributed by atoms with van der Waals surface area (Å²) in [7, 11) is 5.57. The van der Waals surface area contributed by atoms with Gasteiger partial charge >= 0.3 is 146 Å². The van der Waals surface area contributed by atoms with Gasteiger partial charge in [-0.2, -0.15) is 0 Å². The third-order valence-corrected chi connectivity index (χ3v) is 3.54. The van der Waals surface area contributed by atoms with Gasteiger partial charge in [0.1, 0.15) is 13.2 Å². The van der Waals surface area contributed by atoms with Crippen LogP contribution in [-0.2, 0) is 57.3 Å². The van der Waals surface area contributed by atoms with E-state index >= 15 is 0 Å². The molecule has 0 bridgehead atoms. The number of aliphatic carboxylic acids is 1. The number of hydrogen-bond donors (Lipinski definition) is 3. The fourth-order valence-electron chi connectivity index (χ4n) is 1.25. The van der Waals surface area contributed by atoms with Crippen molar-refractivity contribution in [2.24, 2.45) is 0 Å². The Labute approximate surface area is 419 Å². The van der Waals surface area contributed by atoms with Gasteiger partial charge in [-0.25, -0.2) is 14.4 Å². The molecule has 0 amide bonds. The molecule has 0 saturated carbocycles. The smallest absolute Gasteiger partial charge is 1.00 e. The Morgan fingerprint density at radius 2 is 1.10 bits per heavy atom. The maximum absolute atomic E-state index is 10.9. The zero-order chi connectivity index (χ0) is 36.2. The van der Waals surface area contributed by atoms with Gasteiger partial charge in [-0.15, -0.1) is 0 Å². The molecule has 0 aliphatic heterocycles. The standard InChI is InChI=1S/C8H14O3.C5H10O3.C5H10O2.C5H8O2.C3H8O2.CH2O3.CH4O.3CH4.Al.2K.Li.5H/c1-4-7(2)8(9)11-6-5-10-3;1-3-8-5(6)4-7-2;1-3-5(6)7-4-2;1-3-4(2)5(6)7;1-5-3-2-4;2-1-4-3;1-2;;;;;;;;;;;;/h4H,5-6H2,1-3H3;3-4H2,1-2H3;3-4H2,1-2H3;3H,1-2H3,(H,6,7);4H,2-3H2,1H3;1,3H;2H,1H3;3*1H4;;;;;;;;;/q;;;;;;;;;;;3*+1;;;;2*-1/p-1/b7-4+;;;4-3+;;;;;;;;;;;;;;;. The molecule has 0 aromatic rings. The first-order valence-electron chi connectivity index (χ1n) is 13.1. The van der Waals surface area contributed by atoms with Crippen molar-refractivity contribution in [1.29, 1.82) is 0 Å². The molecule has 0 radical (unpaired) electrons. The van der Waals surface area contributed by atoms with Gasteiger partial charge in [0.05, 0.1) is 33.0 Å². The quantitative estimate of drug-likeness (QED) is 0.0229. The number of methoxy groups -OCH3 is 3. The zero-order valence-electron chi connectivity index (χ0n) is 33.0. The van der Waals surface area contributed by atoms with Gasteiger partial charge in [0.25, 0.3) is 6.47 Å². The summed E-state index contributed by atoms with van der Waals surface area (Å²) in [5.41, 5.74) is 1.01. The van der Waals surface area contributed by atoms with Gasteiger partial charge in [-0.05, 0) is 41.5 Å². The average molecular weight is 813 g/mol. The minimum absolute atomic E-state index is 0. The second-order valence-electron chi connectivity index (χ2n) is 6.68. The topological polar surface area (TPSA) is 234 Å². The van der Waals surface area contributed by atoms with Crippen LogP contribution < -0.4 is 127 Å². The summed E-state index contributed by atoms with van der Waals surface area (Å²) < 4.78 is 27.5. The van der Waals surface area contributed by atoms with Crippen LogP contribution in [0.3, 0.4) is 0 Å². The van der Waals surface area contributed by atoms with Crippen molar-refractivity contribution in [3.8, 4) is 0 Å². The molecule has 16 nitrogen and oxygen atoms in total. The molecule has 0 fully saturated rings. The fraction of sp³-hybridized carbons (Fsp3) is 0.710. The summed E-state index contributed by atoms with van der Waals surface area (Å²) in [5.74, 6) is -1.55. The fourth-order valence-corrected chi connectivity index (χ4v) is 1.25. The van der Waals surface area contributed by atoms with Gasteiger partial charge < -0.3 is 56.7 Å². The van der Waals surface area contributed by atoms with Crippen molar-refractivity contribution in [1.82, 2.24) is 0 Å². The van der Waals surface area contributed by atoms with Crippen LogP contribution in [0.15, 0.2) is 23.3 Å². The molecule has 0 aromatic heterocycles. The van der Waals surface area contributed by atoms with Gasteiger partial charge in [0, 0.05) is 46.0 Å². The number of carboxylic acid groups (broad SMARTS) is 1. The molecule has 3 N–H and O–H groups in total. The summed E-state index contributed by atoms with van der Waals surface area (Å²) in [4.78, 5) is 52.5. The molecule has 0 aromatic carbocycles. The molecule has 51 heavy (non-hydrogen) atoms. The molecule has 0 rings (SSSR count). The first kappa shape index (κ1) is 93.7. The number of hydrogen-bond acceptors (Lipinski definition) is 15. The maximum atomic E-state index is 10.9. The number of rotatable bonds is 13. The van der Waals surface area contributed by atoms with E-state index in [-0.39, 0.29) is 202 Å². The Morgan fingerprint density at radius 3 is 1.27 bits per heavy atom. The van der Waals surface area contributed by atoms with Crippen molar-refractivity contribution in [2.75, 3.05) is 74.7 Å². The Kier molecular flexibility index (Phi) is 171. The minimum atomic E-state index is -0.845. The number of ether oxygens (including phenoxy) is 6. The average Bonchev–Trinajstić information content (AvgIpc) is 3.03. The third-order valence-electron chi connectivity index (χ3n) is 3.54. The van der Waals surface area contributed by atoms with Crippen LogP contribution >= 0.6 is 0 Å². The minimum Gasteiger partial charge on any atom is -1.00 e. The molecule has 0 aliphatic carbocycles. The molecular weight excluding hydrogens is 740 g/mol. The molecule has 0 spiro atoms. The van der Waals surface area contributed by atoms with E-state index in [4.69, 9.17) is 34.8 Å². The van der Waals surface area contributed by atoms with Crippen LogP contribution in [0.2, 0.25) is 0 Å². The van der Waals surface area contributed by atoms with Crippen molar-refractivity contribution in [3.63, 3.8) is 0 Å². The normalized spacial score (nSPS) is 7.88. The molecule has 20 heteroatoms. The molecule has 0 atom stereocenters. The van der Waals surface area contributed by atoms with Crippen LogP contribution in [0.5, 0.6) is 0 Å². The first-order chi connectivity index (χ1) is 20.8. The molecule has 298 valence electrons. The van der Waals surface area contributed by atoms with Crippen molar-refractivity contribution < 1.29 is 202 Å². The van der Waals surface area contributed by atoms with Crippen LogP contribution in [-0.4, -0.2) is 138 Å². The van der Waals surface area contributed by atoms with Crippen LogP contribution in [0.1, 0.15) is 80.0 Å². The van der Waals surface area contributed by atoms with Crippen LogP contribution in [0, 0.1) is 0 Å². The van der Waals surface area contributed by atoms with E-state index in [0.29, 0.717) is 50.6 Å². The summed E-state index contributed by atoms with van der Waals surface area (Å²) >= 11 is 0. The van der Waals surface area contributed by atoms with Gasteiger partial charge in [-0.3, -0.25) is 9.59 Å². The number of carboxylic acids is 1. The number of esters is 3. The molecule has 0 unspecified atom stereocenters. The Morgan fingerprint density at radius 1 is 0.725 bits per heavy atom. The first-order valence-corrected chi connectivity index (χ1v) is 13.1. The number of carbonyl (C=O) groups is 5. The van der Waals surface area contributed by atoms with E-state index in [1.54, 1.807) is 74.8 Å². The molecular formula is C31H72AlK2LiO16. The predicted octanol–water partition coefficient (Wildman–Crippen LogP) is -7.04. The SMILES string of the molecule is C.C.C.C/C=C(\C)C(=O)O.C/C=C(\C)C(=O)OCCOC.CCOC(=O)CC.CCOC(=O)COC.CO.COCCO.O=CO[O-].[AlH3].[H-].[H-].[K+].[K+].[Li+]. The monoisotopic (exact) mass is 812 g/mol. The Balaban J connectivity index is -0.0000000216. The largest absolute Gasteiger partial charge is 1.00 e. The van der Waals surface area contributed by atoms with Crippen molar-refractivity contribution >= 4 is 47.7 Å². The summed E-state index contributed by atoms with van der Waals surface area (Å²) in [5, 5.41) is 31.5. The number of allylic oxidation sites excluding steroid dienone is 2. The van der Waals surface area contributed by atoms with Crippen LogP contribution in [0.4, 0.5) is 0 Å². The van der Waals surface area contributed by atoms with Crippen molar-refractivity contribution in [3.05, 3.63) is 23.3 Å². The van der Waals surface area contributed by atoms with Gasteiger partial charge in [0.2, 0.25) is 0 Å². The predicted molar refractivity (Wildman–Crippen MR) is 191 cm³/mol. The summed E-state index contributed by atoms with van der Waals surface area (Å²) in [6.07, 6.45) is 3.76. The molecule has 0 aliphatic rings. The van der Waals surface area contributed by atoms with E-state index in [0.717, 1.165) is 7.11 Å². The van der Waals surface area contributed by atoms with Crippen LogP contribution in [0.25, 0.3) is 0 Å². The van der Waals surface area contributed by atoms with E-state index in [2.05, 4.69) is 23.8 Å². The van der Waals surface area contributed by atoms with E-state index in [9.17, 15) is 19.2 Å². The van der Waals surface area contributed by atoms with Gasteiger partial charge in [-0.1, -0.05) is 41.4 Å². The number of carbonyl (C=O) groups excluding carboxylic acids is 4. The van der Waals surface area contributed by atoms with E-state index in [1.165, 1.54) is 7.11 Å². The third kappa shape index (κ3) is 120. The molecule has 0 saturated heterocycles. The van der Waals surface area contributed by atoms with E-state index in [1.807, 2.05) is 0 Å². The van der Waals surface area contributed by atoms with Crippen molar-refractivity contribution in [2.45, 2.75) is 77.2 Å². The second kappa shape index (κ2) is 93.1. The Hall–Kier alpha value is 0.993. The van der Waals surface area contributed by atoms with Gasteiger partial charge in [0.15, 0.2) is 17.4 Å². The number of aliphatic hydroxyl groups is 2.